The zero-order valence-electron chi connectivity index (χ0n) is 9.87. The van der Waals surface area contributed by atoms with Gasteiger partial charge in [0.05, 0.1) is 0 Å². The van der Waals surface area contributed by atoms with E-state index in [0.717, 1.165) is 0 Å². The van der Waals surface area contributed by atoms with Crippen LogP contribution in [0.2, 0.25) is 10.6 Å². The Kier molecular flexibility index (Phi) is 49.0. The van der Waals surface area contributed by atoms with E-state index < -0.39 is 0 Å². The fraction of sp³-hybridized carbons (Fsp3) is 1.00. The number of halogens is 2. The molecular formula is C10H26Cl2CuN2. The van der Waals surface area contributed by atoms with E-state index >= 15 is 0 Å². The smallest absolute Gasteiger partial charge is 0.00461 e. The molecule has 2 nitrogen and oxygen atoms in total. The van der Waals surface area contributed by atoms with Crippen LogP contribution in [0.5, 0.6) is 0 Å². The number of nitrogens with two attached hydrogens (primary N) is 2. The number of hydrogen-bond donors (Lipinski definition) is 2. The van der Waals surface area contributed by atoms with Crippen molar-refractivity contribution in [1.29, 1.82) is 0 Å². The number of hydrogen-bond acceptors (Lipinski definition) is 2. The summed E-state index contributed by atoms with van der Waals surface area (Å²) in [5.41, 5.74) is 9.81. The van der Waals surface area contributed by atoms with E-state index in [-0.39, 0.29) is 24.8 Å². The molecule has 0 bridgehead atoms. The average molecular weight is 309 g/mol. The molecule has 101 valence electrons. The Balaban J connectivity index is -0.0000000883. The zero-order valence-corrected chi connectivity index (χ0v) is 12.3. The molecule has 0 radical (unpaired) electrons. The van der Waals surface area contributed by atoms with Crippen LogP contribution in [0.1, 0.15) is 39.5 Å². The monoisotopic (exact) mass is 307 g/mol. The minimum absolute atomic E-state index is 0. The number of rotatable bonds is 7. The first kappa shape index (κ1) is 25.0. The van der Waals surface area contributed by atoms with Crippen LogP contribution < -0.4 is 36.3 Å². The Bertz CT molecular complexity index is 70.4. The standard InChI is InChI=1S/2C4H9.C2H8N2.2ClH.Cu/c2*1-3-4-2;3-1-2-4;;;/h2*1,3-4H2,2H3;1-4H2;2*1H;/q;;;;;+2/p-2. The molecule has 0 saturated heterocycles. The maximum Gasteiger partial charge on any atom is 0.00461 e. The van der Waals surface area contributed by atoms with Crippen LogP contribution in [0.4, 0.5) is 0 Å². The molecule has 0 aromatic heterocycles. The van der Waals surface area contributed by atoms with Crippen molar-refractivity contribution in [1.82, 2.24) is 0 Å². The van der Waals surface area contributed by atoms with Gasteiger partial charge < -0.3 is 36.3 Å². The SMILES string of the molecule is CCC[CH2][Cu+2][CH2]CCC.NCCN.[Cl-].[Cl-]. The van der Waals surface area contributed by atoms with Gasteiger partial charge in [-0.15, -0.1) is 0 Å². The van der Waals surface area contributed by atoms with Gasteiger partial charge in [0.1, 0.15) is 0 Å². The fourth-order valence-corrected chi connectivity index (χ4v) is 1.81. The molecule has 0 aromatic carbocycles. The van der Waals surface area contributed by atoms with Gasteiger partial charge in [-0.25, -0.2) is 0 Å². The Labute approximate surface area is 114 Å². The van der Waals surface area contributed by atoms with E-state index in [1.807, 2.05) is 0 Å². The largest absolute Gasteiger partial charge is 1.00 e. The Hall–Kier alpha value is 1.02. The Morgan fingerprint density at radius 1 is 0.800 bits per heavy atom. The van der Waals surface area contributed by atoms with Gasteiger partial charge in [-0.3, -0.25) is 0 Å². The van der Waals surface area contributed by atoms with E-state index in [4.69, 9.17) is 11.5 Å². The van der Waals surface area contributed by atoms with Crippen LogP contribution in [0, 0.1) is 0 Å². The quantitative estimate of drug-likeness (QED) is 0.377. The first-order valence-electron chi connectivity index (χ1n) is 5.16. The van der Waals surface area contributed by atoms with Gasteiger partial charge in [0.2, 0.25) is 0 Å². The van der Waals surface area contributed by atoms with Gasteiger partial charge in [0.25, 0.3) is 0 Å². The molecule has 0 aromatic rings. The van der Waals surface area contributed by atoms with Gasteiger partial charge in [0, 0.05) is 13.1 Å². The van der Waals surface area contributed by atoms with Gasteiger partial charge >= 0.3 is 65.1 Å². The molecule has 0 rings (SSSR count). The van der Waals surface area contributed by atoms with Crippen LogP contribution in [-0.2, 0) is 15.0 Å². The van der Waals surface area contributed by atoms with Crippen molar-refractivity contribution >= 4 is 0 Å². The van der Waals surface area contributed by atoms with Crippen molar-refractivity contribution in [3.05, 3.63) is 0 Å². The Morgan fingerprint density at radius 2 is 1.13 bits per heavy atom. The molecule has 4 N–H and O–H groups in total. The van der Waals surface area contributed by atoms with Crippen LogP contribution in [0.15, 0.2) is 0 Å². The molecule has 0 spiro atoms. The summed E-state index contributed by atoms with van der Waals surface area (Å²) in [4.78, 5) is 0. The summed E-state index contributed by atoms with van der Waals surface area (Å²) in [7, 11) is 0. The van der Waals surface area contributed by atoms with Crippen LogP contribution in [0.25, 0.3) is 0 Å². The average Bonchev–Trinajstić information content (AvgIpc) is 2.18. The normalized spacial score (nSPS) is 8.27. The molecule has 0 unspecified atom stereocenters. The van der Waals surface area contributed by atoms with E-state index in [9.17, 15) is 0 Å². The van der Waals surface area contributed by atoms with Crippen molar-refractivity contribution in [3.63, 3.8) is 0 Å². The van der Waals surface area contributed by atoms with E-state index in [2.05, 4.69) is 28.8 Å². The second-order valence-electron chi connectivity index (χ2n) is 2.74. The summed E-state index contributed by atoms with van der Waals surface area (Å²) in [6, 6.07) is 0. The summed E-state index contributed by atoms with van der Waals surface area (Å²) in [6.07, 6.45) is 5.47. The van der Waals surface area contributed by atoms with Crippen molar-refractivity contribution in [2.75, 3.05) is 13.1 Å². The molecule has 0 aliphatic carbocycles. The molecule has 0 amide bonds. The molecule has 0 atom stereocenters. The van der Waals surface area contributed by atoms with Gasteiger partial charge in [-0.05, 0) is 0 Å². The first-order chi connectivity index (χ1) is 6.33. The molecule has 0 saturated carbocycles. The Morgan fingerprint density at radius 3 is 1.33 bits per heavy atom. The van der Waals surface area contributed by atoms with Crippen LogP contribution in [-0.4, -0.2) is 13.1 Å². The summed E-state index contributed by atoms with van der Waals surface area (Å²) in [5, 5.41) is 2.72. The van der Waals surface area contributed by atoms with Crippen LogP contribution >= 0.6 is 0 Å². The van der Waals surface area contributed by atoms with E-state index in [1.165, 1.54) is 36.3 Å². The van der Waals surface area contributed by atoms with Gasteiger partial charge in [0.15, 0.2) is 0 Å². The van der Waals surface area contributed by atoms with E-state index in [1.54, 1.807) is 0 Å². The minimum atomic E-state index is 0. The predicted molar refractivity (Wildman–Crippen MR) is 57.5 cm³/mol. The molecule has 0 heterocycles. The second kappa shape index (κ2) is 29.4. The fourth-order valence-electron chi connectivity index (χ4n) is 0.439. The summed E-state index contributed by atoms with van der Waals surface area (Å²) < 4.78 is 0. The molecule has 15 heavy (non-hydrogen) atoms. The topological polar surface area (TPSA) is 52.0 Å². The maximum atomic E-state index is 4.90. The van der Waals surface area contributed by atoms with Crippen molar-refractivity contribution in [3.8, 4) is 0 Å². The third kappa shape index (κ3) is 39.6. The van der Waals surface area contributed by atoms with Crippen LogP contribution in [0.3, 0.4) is 0 Å². The third-order valence-electron chi connectivity index (χ3n) is 1.30. The molecule has 0 fully saturated rings. The molecule has 0 aliphatic heterocycles. The van der Waals surface area contributed by atoms with Gasteiger partial charge in [-0.2, -0.15) is 0 Å². The summed E-state index contributed by atoms with van der Waals surface area (Å²) >= 11 is 2.18. The summed E-state index contributed by atoms with van der Waals surface area (Å²) in [6.45, 7) is 5.69. The molecular weight excluding hydrogens is 283 g/mol. The van der Waals surface area contributed by atoms with Crippen molar-refractivity contribution < 1.29 is 39.8 Å². The van der Waals surface area contributed by atoms with Gasteiger partial charge in [-0.1, -0.05) is 0 Å². The molecule has 0 aliphatic rings. The molecule has 5 heteroatoms. The first-order valence-corrected chi connectivity index (χ1v) is 6.49. The second-order valence-corrected chi connectivity index (χ2v) is 4.15. The zero-order chi connectivity index (χ0) is 10.4. The van der Waals surface area contributed by atoms with Crippen molar-refractivity contribution in [2.45, 2.75) is 50.2 Å². The predicted octanol–water partition coefficient (Wildman–Crippen LogP) is -3.58. The number of unbranched alkanes of at least 4 members (excludes halogenated alkanes) is 2. The van der Waals surface area contributed by atoms with Crippen molar-refractivity contribution in [2.24, 2.45) is 11.5 Å². The minimum Gasteiger partial charge on any atom is -1.00 e. The third-order valence-corrected chi connectivity index (χ3v) is 2.63. The van der Waals surface area contributed by atoms with E-state index in [0.29, 0.717) is 13.1 Å². The maximum absolute atomic E-state index is 4.90. The summed E-state index contributed by atoms with van der Waals surface area (Å²) in [5.74, 6) is 0.